The van der Waals surface area contributed by atoms with Crippen molar-refractivity contribution in [2.75, 3.05) is 17.6 Å². The van der Waals surface area contributed by atoms with Gasteiger partial charge < -0.3 is 10.1 Å². The van der Waals surface area contributed by atoms with E-state index in [4.69, 9.17) is 4.74 Å². The highest BCUT2D eigenvalue weighted by Crippen LogP contribution is 2.24. The maximum atomic E-state index is 12.2. The van der Waals surface area contributed by atoms with Crippen LogP contribution in [0.3, 0.4) is 0 Å². The quantitative estimate of drug-likeness (QED) is 0.644. The number of ether oxygens (including phenoxy) is 1. The Bertz CT molecular complexity index is 546. The van der Waals surface area contributed by atoms with Crippen LogP contribution >= 0.6 is 0 Å². The van der Waals surface area contributed by atoms with E-state index in [1.165, 1.54) is 7.11 Å². The van der Waals surface area contributed by atoms with Gasteiger partial charge >= 0.3 is 0 Å². The third-order valence-corrected chi connectivity index (χ3v) is 4.38. The first-order valence-electron chi connectivity index (χ1n) is 6.85. The Morgan fingerprint density at radius 3 is 2.67 bits per heavy atom. The van der Waals surface area contributed by atoms with E-state index in [-0.39, 0.29) is 5.75 Å². The summed E-state index contributed by atoms with van der Waals surface area (Å²) in [4.78, 5) is 10.6. The molecule has 0 aliphatic heterocycles. The zero-order chi connectivity index (χ0) is 15.7. The van der Waals surface area contributed by atoms with Gasteiger partial charge in [-0.25, -0.2) is 8.42 Å². The highest BCUT2D eigenvalue weighted by Gasteiger charge is 2.19. The van der Waals surface area contributed by atoms with Gasteiger partial charge in [0.2, 0.25) is 16.4 Å². The topological polar surface area (TPSA) is 84.5 Å². The van der Waals surface area contributed by atoms with Crippen molar-refractivity contribution in [3.8, 4) is 5.75 Å². The second-order valence-corrected chi connectivity index (χ2v) is 6.47. The smallest absolute Gasteiger partial charge is 0.234 e. The lowest BCUT2D eigenvalue weighted by atomic mass is 10.1. The van der Waals surface area contributed by atoms with Crippen molar-refractivity contribution in [3.05, 3.63) is 24.3 Å². The number of sulfonamides is 1. The van der Waals surface area contributed by atoms with Gasteiger partial charge in [0.05, 0.1) is 18.6 Å². The van der Waals surface area contributed by atoms with Gasteiger partial charge in [0.15, 0.2) is 0 Å². The Kier molecular flexibility index (Phi) is 7.01. The fourth-order valence-electron chi connectivity index (χ4n) is 1.96. The van der Waals surface area contributed by atoms with Gasteiger partial charge in [-0.15, -0.1) is 0 Å². The number of hydrogen-bond donors (Lipinski definition) is 2. The lowest BCUT2D eigenvalue weighted by molar-refractivity contribution is -0.110. The minimum absolute atomic E-state index is 0.163. The molecule has 1 atom stereocenters. The molecule has 7 heteroatoms. The first-order chi connectivity index (χ1) is 10.0. The normalized spacial score (nSPS) is 12.5. The summed E-state index contributed by atoms with van der Waals surface area (Å²) < 4.78 is 32.0. The van der Waals surface area contributed by atoms with Gasteiger partial charge in [0, 0.05) is 6.04 Å². The van der Waals surface area contributed by atoms with E-state index in [1.807, 2.05) is 6.92 Å². The molecule has 0 fully saturated rings. The van der Waals surface area contributed by atoms with E-state index in [0.29, 0.717) is 24.3 Å². The maximum Gasteiger partial charge on any atom is 0.234 e. The SMILES string of the molecule is CCCC[C@@H](CS(=O)(=O)Nc1ccccc1OC)NC=O. The lowest BCUT2D eigenvalue weighted by Crippen LogP contribution is -2.36. The van der Waals surface area contributed by atoms with Crippen molar-refractivity contribution in [2.45, 2.75) is 32.2 Å². The Morgan fingerprint density at radius 1 is 1.33 bits per heavy atom. The molecule has 21 heavy (non-hydrogen) atoms. The molecule has 1 aromatic carbocycles. The van der Waals surface area contributed by atoms with Crippen molar-refractivity contribution >= 4 is 22.1 Å². The zero-order valence-corrected chi connectivity index (χ0v) is 13.2. The summed E-state index contributed by atoms with van der Waals surface area (Å²) >= 11 is 0. The molecule has 0 saturated carbocycles. The summed E-state index contributed by atoms with van der Waals surface area (Å²) in [7, 11) is -2.09. The summed E-state index contributed by atoms with van der Waals surface area (Å²) in [6.45, 7) is 2.01. The van der Waals surface area contributed by atoms with E-state index < -0.39 is 16.1 Å². The Morgan fingerprint density at radius 2 is 2.05 bits per heavy atom. The molecule has 0 aliphatic carbocycles. The van der Waals surface area contributed by atoms with Gasteiger partial charge in [-0.05, 0) is 18.6 Å². The predicted molar refractivity (Wildman–Crippen MR) is 82.9 cm³/mol. The largest absolute Gasteiger partial charge is 0.495 e. The predicted octanol–water partition coefficient (Wildman–Crippen LogP) is 1.74. The number of amides is 1. The van der Waals surface area contributed by atoms with Gasteiger partial charge in [-0.3, -0.25) is 9.52 Å². The van der Waals surface area contributed by atoms with Crippen molar-refractivity contribution < 1.29 is 17.9 Å². The van der Waals surface area contributed by atoms with Crippen LogP contribution in [0.2, 0.25) is 0 Å². The van der Waals surface area contributed by atoms with Crippen molar-refractivity contribution in [1.29, 1.82) is 0 Å². The Balaban J connectivity index is 2.77. The third-order valence-electron chi connectivity index (χ3n) is 3.00. The van der Waals surface area contributed by atoms with Crippen molar-refractivity contribution in [2.24, 2.45) is 0 Å². The van der Waals surface area contributed by atoms with Gasteiger partial charge in [0.1, 0.15) is 5.75 Å². The molecule has 0 aliphatic rings. The summed E-state index contributed by atoms with van der Waals surface area (Å²) in [5.41, 5.74) is 0.389. The number of benzene rings is 1. The highest BCUT2D eigenvalue weighted by molar-refractivity contribution is 7.92. The first-order valence-corrected chi connectivity index (χ1v) is 8.50. The number of para-hydroxylation sites is 2. The number of anilines is 1. The standard InChI is InChI=1S/C14H22N2O4S/c1-3-4-7-12(15-11-17)10-21(18,19)16-13-8-5-6-9-14(13)20-2/h5-6,8-9,11-12,16H,3-4,7,10H2,1-2H3,(H,15,17)/t12-/m0/s1. The Hall–Kier alpha value is -1.76. The molecule has 2 N–H and O–H groups in total. The highest BCUT2D eigenvalue weighted by atomic mass is 32.2. The van der Waals surface area contributed by atoms with Crippen LogP contribution in [0.5, 0.6) is 5.75 Å². The molecule has 0 heterocycles. The van der Waals surface area contributed by atoms with Crippen LogP contribution in [-0.2, 0) is 14.8 Å². The molecule has 118 valence electrons. The van der Waals surface area contributed by atoms with Gasteiger partial charge in [0.25, 0.3) is 0 Å². The molecular weight excluding hydrogens is 292 g/mol. The van der Waals surface area contributed by atoms with Crippen LogP contribution in [0.1, 0.15) is 26.2 Å². The molecule has 0 saturated heterocycles. The average Bonchev–Trinajstić information content (AvgIpc) is 2.45. The van der Waals surface area contributed by atoms with Crippen LogP contribution in [0.4, 0.5) is 5.69 Å². The van der Waals surface area contributed by atoms with E-state index in [0.717, 1.165) is 12.8 Å². The molecule has 1 amide bonds. The van der Waals surface area contributed by atoms with Gasteiger partial charge in [-0.2, -0.15) is 0 Å². The van der Waals surface area contributed by atoms with Crippen molar-refractivity contribution in [1.82, 2.24) is 5.32 Å². The monoisotopic (exact) mass is 314 g/mol. The molecular formula is C14H22N2O4S. The molecule has 1 aromatic rings. The fourth-order valence-corrected chi connectivity index (χ4v) is 3.34. The second-order valence-electron chi connectivity index (χ2n) is 4.71. The average molecular weight is 314 g/mol. The molecule has 1 rings (SSSR count). The number of nitrogens with one attached hydrogen (secondary N) is 2. The summed E-state index contributed by atoms with van der Waals surface area (Å²) in [5.74, 6) is 0.290. The zero-order valence-electron chi connectivity index (χ0n) is 12.3. The second kappa shape index (κ2) is 8.51. The molecule has 0 bridgehead atoms. The van der Waals surface area contributed by atoms with Crippen molar-refractivity contribution in [3.63, 3.8) is 0 Å². The number of methoxy groups -OCH3 is 1. The van der Waals surface area contributed by atoms with Crippen LogP contribution in [0.15, 0.2) is 24.3 Å². The summed E-state index contributed by atoms with van der Waals surface area (Å²) in [5, 5.41) is 2.56. The lowest BCUT2D eigenvalue weighted by Gasteiger charge is -2.17. The van der Waals surface area contributed by atoms with E-state index in [1.54, 1.807) is 24.3 Å². The number of rotatable bonds is 10. The van der Waals surface area contributed by atoms with Crippen LogP contribution < -0.4 is 14.8 Å². The molecule has 6 nitrogen and oxygen atoms in total. The van der Waals surface area contributed by atoms with Gasteiger partial charge in [-0.1, -0.05) is 31.9 Å². The third kappa shape index (κ3) is 6.03. The van der Waals surface area contributed by atoms with E-state index in [9.17, 15) is 13.2 Å². The number of unbranched alkanes of at least 4 members (excludes halogenated alkanes) is 1. The Labute approximate surface area is 125 Å². The van der Waals surface area contributed by atoms with Crippen LogP contribution in [0.25, 0.3) is 0 Å². The van der Waals surface area contributed by atoms with Crippen LogP contribution in [0, 0.1) is 0 Å². The maximum absolute atomic E-state index is 12.2. The first kappa shape index (κ1) is 17.3. The fraction of sp³-hybridized carbons (Fsp3) is 0.500. The summed E-state index contributed by atoms with van der Waals surface area (Å²) in [6.07, 6.45) is 2.97. The number of hydrogen-bond acceptors (Lipinski definition) is 4. The van der Waals surface area contributed by atoms with Crippen LogP contribution in [-0.4, -0.2) is 33.7 Å². The minimum atomic E-state index is -3.57. The molecule has 0 unspecified atom stereocenters. The molecule has 0 radical (unpaired) electrons. The minimum Gasteiger partial charge on any atom is -0.495 e. The number of carbonyl (C=O) groups excluding carboxylic acids is 1. The van der Waals surface area contributed by atoms with E-state index >= 15 is 0 Å². The molecule has 0 aromatic heterocycles. The summed E-state index contributed by atoms with van der Waals surface area (Å²) in [6, 6.07) is 6.39. The van der Waals surface area contributed by atoms with E-state index in [2.05, 4.69) is 10.0 Å². The molecule has 0 spiro atoms. The number of carbonyl (C=O) groups is 1.